The number of esters is 1. The van der Waals surface area contributed by atoms with Crippen molar-refractivity contribution in [3.63, 3.8) is 0 Å². The third-order valence-corrected chi connectivity index (χ3v) is 2.91. The molecule has 1 N–H and O–H groups in total. The van der Waals surface area contributed by atoms with Crippen LogP contribution in [0.25, 0.3) is 0 Å². The van der Waals surface area contributed by atoms with Crippen LogP contribution in [-0.4, -0.2) is 18.5 Å². The highest BCUT2D eigenvalue weighted by atomic mass is 19.4. The monoisotopic (exact) mass is 341 g/mol. The first-order valence-corrected chi connectivity index (χ1v) is 6.65. The van der Waals surface area contributed by atoms with Crippen molar-refractivity contribution in [2.75, 3.05) is 11.9 Å². The van der Waals surface area contributed by atoms with Crippen LogP contribution in [0, 0.1) is 5.82 Å². The van der Waals surface area contributed by atoms with E-state index in [9.17, 15) is 27.2 Å². The number of anilines is 1. The Hall–Kier alpha value is -2.90. The zero-order valence-corrected chi connectivity index (χ0v) is 12.1. The number of amides is 1. The van der Waals surface area contributed by atoms with E-state index < -0.39 is 36.0 Å². The molecule has 8 heteroatoms. The number of benzene rings is 2. The third kappa shape index (κ3) is 4.80. The molecule has 24 heavy (non-hydrogen) atoms. The molecule has 0 heterocycles. The Kier molecular flexibility index (Phi) is 5.18. The minimum atomic E-state index is -4.50. The Balaban J connectivity index is 1.88. The van der Waals surface area contributed by atoms with Crippen molar-refractivity contribution in [3.8, 4) is 0 Å². The van der Waals surface area contributed by atoms with Gasteiger partial charge in [-0.3, -0.25) is 4.79 Å². The topological polar surface area (TPSA) is 55.4 Å². The molecule has 0 bridgehead atoms. The van der Waals surface area contributed by atoms with E-state index in [4.69, 9.17) is 4.74 Å². The van der Waals surface area contributed by atoms with Crippen molar-refractivity contribution in [1.82, 2.24) is 0 Å². The number of carbonyl (C=O) groups is 2. The Bertz CT molecular complexity index is 724. The summed E-state index contributed by atoms with van der Waals surface area (Å²) in [5, 5.41) is 2.37. The van der Waals surface area contributed by atoms with Crippen molar-refractivity contribution in [1.29, 1.82) is 0 Å². The van der Waals surface area contributed by atoms with Gasteiger partial charge in [-0.1, -0.05) is 0 Å². The number of rotatable bonds is 4. The molecular formula is C16H11F4NO3. The average molecular weight is 341 g/mol. The molecule has 0 aliphatic rings. The predicted octanol–water partition coefficient (Wildman–Crippen LogP) is 3.64. The second-order valence-corrected chi connectivity index (χ2v) is 4.71. The Morgan fingerprint density at radius 2 is 1.54 bits per heavy atom. The summed E-state index contributed by atoms with van der Waals surface area (Å²) >= 11 is 0. The number of halogens is 4. The van der Waals surface area contributed by atoms with Gasteiger partial charge in [-0.05, 0) is 48.5 Å². The normalized spacial score (nSPS) is 11.0. The minimum Gasteiger partial charge on any atom is -0.452 e. The Morgan fingerprint density at radius 1 is 0.958 bits per heavy atom. The van der Waals surface area contributed by atoms with E-state index in [0.717, 1.165) is 36.4 Å². The summed E-state index contributed by atoms with van der Waals surface area (Å²) in [5.41, 5.74) is -0.697. The lowest BCUT2D eigenvalue weighted by molar-refractivity contribution is -0.137. The van der Waals surface area contributed by atoms with Gasteiger partial charge in [0.2, 0.25) is 0 Å². The van der Waals surface area contributed by atoms with E-state index in [1.165, 1.54) is 12.1 Å². The smallest absolute Gasteiger partial charge is 0.416 e. The fraction of sp³-hybridized carbons (Fsp3) is 0.125. The van der Waals surface area contributed by atoms with Crippen LogP contribution in [0.2, 0.25) is 0 Å². The molecule has 4 nitrogen and oxygen atoms in total. The highest BCUT2D eigenvalue weighted by molar-refractivity contribution is 5.95. The van der Waals surface area contributed by atoms with Gasteiger partial charge in [0.05, 0.1) is 11.1 Å². The molecule has 2 aromatic rings. The summed E-state index contributed by atoms with van der Waals surface area (Å²) in [4.78, 5) is 23.3. The number of hydrogen-bond acceptors (Lipinski definition) is 3. The lowest BCUT2D eigenvalue weighted by atomic mass is 10.1. The van der Waals surface area contributed by atoms with Crippen LogP contribution in [0.15, 0.2) is 48.5 Å². The molecule has 0 saturated carbocycles. The first kappa shape index (κ1) is 17.5. The highest BCUT2D eigenvalue weighted by Crippen LogP contribution is 2.29. The number of carbonyl (C=O) groups excluding carboxylic acids is 2. The summed E-state index contributed by atoms with van der Waals surface area (Å²) in [6.07, 6.45) is -4.50. The maximum absolute atomic E-state index is 12.7. The first-order chi connectivity index (χ1) is 11.3. The molecule has 0 aromatic heterocycles. The number of ether oxygens (including phenoxy) is 1. The van der Waals surface area contributed by atoms with Gasteiger partial charge in [0, 0.05) is 5.69 Å². The lowest BCUT2D eigenvalue weighted by Gasteiger charge is -2.08. The second-order valence-electron chi connectivity index (χ2n) is 4.71. The minimum absolute atomic E-state index is 0.113. The molecule has 0 spiro atoms. The van der Waals surface area contributed by atoms with Gasteiger partial charge >= 0.3 is 12.1 Å². The van der Waals surface area contributed by atoms with Gasteiger partial charge in [-0.15, -0.1) is 0 Å². The average Bonchev–Trinajstić information content (AvgIpc) is 2.54. The van der Waals surface area contributed by atoms with Crippen molar-refractivity contribution < 1.29 is 31.9 Å². The third-order valence-electron chi connectivity index (χ3n) is 2.91. The molecule has 0 saturated heterocycles. The van der Waals surface area contributed by atoms with Crippen LogP contribution in [-0.2, 0) is 15.7 Å². The van der Waals surface area contributed by atoms with E-state index in [1.807, 2.05) is 0 Å². The van der Waals surface area contributed by atoms with Crippen LogP contribution in [0.1, 0.15) is 15.9 Å². The number of nitrogens with one attached hydrogen (secondary N) is 1. The van der Waals surface area contributed by atoms with Gasteiger partial charge in [0.15, 0.2) is 6.61 Å². The number of alkyl halides is 3. The Morgan fingerprint density at radius 3 is 2.08 bits per heavy atom. The van der Waals surface area contributed by atoms with Crippen molar-refractivity contribution in [2.45, 2.75) is 6.18 Å². The van der Waals surface area contributed by atoms with Crippen LogP contribution in [0.3, 0.4) is 0 Å². The summed E-state index contributed by atoms with van der Waals surface area (Å²) in [5.74, 6) is -2.07. The van der Waals surface area contributed by atoms with Gasteiger partial charge in [0.25, 0.3) is 5.91 Å². The molecule has 0 unspecified atom stereocenters. The second kappa shape index (κ2) is 7.12. The fourth-order valence-corrected chi connectivity index (χ4v) is 1.74. The molecule has 0 radical (unpaired) electrons. The van der Waals surface area contributed by atoms with E-state index in [0.29, 0.717) is 5.69 Å². The van der Waals surface area contributed by atoms with Crippen LogP contribution >= 0.6 is 0 Å². The summed E-state index contributed by atoms with van der Waals surface area (Å²) in [6.45, 7) is -0.628. The maximum atomic E-state index is 12.7. The molecule has 0 atom stereocenters. The fourth-order valence-electron chi connectivity index (χ4n) is 1.74. The molecule has 0 aliphatic carbocycles. The van der Waals surface area contributed by atoms with E-state index in [1.54, 1.807) is 0 Å². The van der Waals surface area contributed by atoms with Gasteiger partial charge in [-0.25, -0.2) is 9.18 Å². The molecule has 126 valence electrons. The molecule has 0 fully saturated rings. The summed E-state index contributed by atoms with van der Waals surface area (Å²) < 4.78 is 54.7. The Labute approximate surface area is 134 Å². The van der Waals surface area contributed by atoms with Crippen LogP contribution in [0.4, 0.5) is 23.2 Å². The summed E-state index contributed by atoms with van der Waals surface area (Å²) in [6, 6.07) is 8.35. The SMILES string of the molecule is O=C(COC(=O)c1ccc(C(F)(F)F)cc1)Nc1ccc(F)cc1. The molecule has 1 amide bonds. The summed E-state index contributed by atoms with van der Waals surface area (Å²) in [7, 11) is 0. The largest absolute Gasteiger partial charge is 0.452 e. The van der Waals surface area contributed by atoms with Crippen molar-refractivity contribution >= 4 is 17.6 Å². The maximum Gasteiger partial charge on any atom is 0.416 e. The first-order valence-electron chi connectivity index (χ1n) is 6.65. The van der Waals surface area contributed by atoms with Crippen molar-refractivity contribution in [2.24, 2.45) is 0 Å². The van der Waals surface area contributed by atoms with E-state index in [-0.39, 0.29) is 5.56 Å². The van der Waals surface area contributed by atoms with Crippen LogP contribution in [0.5, 0.6) is 0 Å². The highest BCUT2D eigenvalue weighted by Gasteiger charge is 2.30. The predicted molar refractivity (Wildman–Crippen MR) is 76.8 cm³/mol. The van der Waals surface area contributed by atoms with Gasteiger partial charge < -0.3 is 10.1 Å². The van der Waals surface area contributed by atoms with Crippen LogP contribution < -0.4 is 5.32 Å². The molecule has 2 rings (SSSR count). The van der Waals surface area contributed by atoms with Gasteiger partial charge in [-0.2, -0.15) is 13.2 Å². The van der Waals surface area contributed by atoms with E-state index in [2.05, 4.69) is 5.32 Å². The molecule has 0 aliphatic heterocycles. The lowest BCUT2D eigenvalue weighted by Crippen LogP contribution is -2.21. The van der Waals surface area contributed by atoms with Gasteiger partial charge in [0.1, 0.15) is 5.82 Å². The number of hydrogen-bond donors (Lipinski definition) is 1. The zero-order chi connectivity index (χ0) is 17.7. The van der Waals surface area contributed by atoms with E-state index >= 15 is 0 Å². The standard InChI is InChI=1S/C16H11F4NO3/c17-12-5-7-13(8-6-12)21-14(22)9-24-15(23)10-1-3-11(4-2-10)16(18,19)20/h1-8H,9H2,(H,21,22). The quantitative estimate of drug-likeness (QED) is 0.682. The molecule has 2 aromatic carbocycles. The zero-order valence-electron chi connectivity index (χ0n) is 12.1. The molecular weight excluding hydrogens is 330 g/mol. The van der Waals surface area contributed by atoms with Crippen molar-refractivity contribution in [3.05, 3.63) is 65.5 Å².